The van der Waals surface area contributed by atoms with Crippen molar-refractivity contribution in [2.24, 2.45) is 0 Å². The van der Waals surface area contributed by atoms with E-state index >= 15 is 0 Å². The van der Waals surface area contributed by atoms with Gasteiger partial charge in [0.15, 0.2) is 0 Å². The maximum Gasteiger partial charge on any atom is 0.411 e. The Hall–Kier alpha value is -0.600. The third kappa shape index (κ3) is 5.51. The van der Waals surface area contributed by atoms with Crippen LogP contribution in [0.3, 0.4) is 0 Å². The largest absolute Gasteiger partial charge is 0.411 e. The topological polar surface area (TPSA) is 38.3 Å². The van der Waals surface area contributed by atoms with E-state index in [0.717, 1.165) is 0 Å². The van der Waals surface area contributed by atoms with Gasteiger partial charge in [-0.15, -0.1) is 11.3 Å². The number of halogens is 4. The summed E-state index contributed by atoms with van der Waals surface area (Å²) in [4.78, 5) is 12.0. The minimum absolute atomic E-state index is 0.0409. The van der Waals surface area contributed by atoms with Crippen LogP contribution in [0.15, 0.2) is 15.9 Å². The highest BCUT2D eigenvalue weighted by molar-refractivity contribution is 9.10. The first-order valence-corrected chi connectivity index (χ1v) is 6.23. The molecule has 0 atom stereocenters. The molecule has 1 amide bonds. The molecule has 0 aliphatic heterocycles. The van der Waals surface area contributed by atoms with Gasteiger partial charge < -0.3 is 10.1 Å². The molecule has 0 saturated heterocycles. The number of rotatable bonds is 5. The quantitative estimate of drug-likeness (QED) is 0.842. The summed E-state index contributed by atoms with van der Waals surface area (Å²) >= 11 is 4.43. The van der Waals surface area contributed by atoms with Crippen LogP contribution in [0.1, 0.15) is 9.67 Å². The maximum atomic E-state index is 11.7. The van der Waals surface area contributed by atoms with Gasteiger partial charge in [0.25, 0.3) is 5.91 Å². The van der Waals surface area contributed by atoms with Gasteiger partial charge >= 0.3 is 6.18 Å². The van der Waals surface area contributed by atoms with Crippen LogP contribution in [0, 0.1) is 0 Å². The standard InChI is InChI=1S/C9H9BrF3NO2S/c10-6-1-4-17-7(6)8(15)14-2-3-16-5-9(11,12)13/h1,4H,2-3,5H2,(H,14,15). The van der Waals surface area contributed by atoms with Crippen molar-refractivity contribution in [2.75, 3.05) is 19.8 Å². The van der Waals surface area contributed by atoms with Crippen molar-refractivity contribution in [3.63, 3.8) is 0 Å². The van der Waals surface area contributed by atoms with Gasteiger partial charge in [-0.1, -0.05) is 0 Å². The zero-order chi connectivity index (χ0) is 12.9. The highest BCUT2D eigenvalue weighted by Crippen LogP contribution is 2.22. The van der Waals surface area contributed by atoms with Crippen LogP contribution in [0.5, 0.6) is 0 Å². The highest BCUT2D eigenvalue weighted by Gasteiger charge is 2.27. The Morgan fingerprint density at radius 1 is 1.53 bits per heavy atom. The number of carbonyl (C=O) groups excluding carboxylic acids is 1. The Morgan fingerprint density at radius 3 is 2.76 bits per heavy atom. The van der Waals surface area contributed by atoms with Crippen LogP contribution in [0.2, 0.25) is 0 Å². The number of hydrogen-bond donors (Lipinski definition) is 1. The average molecular weight is 332 g/mol. The molecule has 0 aromatic carbocycles. The van der Waals surface area contributed by atoms with E-state index in [2.05, 4.69) is 26.0 Å². The Balaban J connectivity index is 2.20. The molecule has 0 radical (unpaired) electrons. The Morgan fingerprint density at radius 2 is 2.24 bits per heavy atom. The lowest BCUT2D eigenvalue weighted by molar-refractivity contribution is -0.173. The van der Waals surface area contributed by atoms with Crippen molar-refractivity contribution >= 4 is 33.2 Å². The second-order valence-corrected chi connectivity index (χ2v) is 4.79. The lowest BCUT2D eigenvalue weighted by atomic mass is 10.4. The number of thiophene rings is 1. The molecule has 17 heavy (non-hydrogen) atoms. The molecule has 0 bridgehead atoms. The first-order chi connectivity index (χ1) is 7.90. The molecule has 0 aliphatic rings. The SMILES string of the molecule is O=C(NCCOCC(F)(F)F)c1sccc1Br. The van der Waals surface area contributed by atoms with E-state index < -0.39 is 12.8 Å². The Labute approximate surface area is 108 Å². The molecule has 0 saturated carbocycles. The fourth-order valence-electron chi connectivity index (χ4n) is 0.961. The van der Waals surface area contributed by atoms with Crippen molar-refractivity contribution in [2.45, 2.75) is 6.18 Å². The molecule has 1 N–H and O–H groups in total. The van der Waals surface area contributed by atoms with E-state index in [9.17, 15) is 18.0 Å². The molecular weight excluding hydrogens is 323 g/mol. The molecule has 1 aromatic heterocycles. The van der Waals surface area contributed by atoms with Crippen LogP contribution in [0.4, 0.5) is 13.2 Å². The van der Waals surface area contributed by atoms with Gasteiger partial charge in [-0.25, -0.2) is 0 Å². The number of alkyl halides is 3. The number of ether oxygens (including phenoxy) is 1. The third-order valence-electron chi connectivity index (χ3n) is 1.62. The first kappa shape index (κ1) is 14.5. The molecular formula is C9H9BrF3NO2S. The van der Waals surface area contributed by atoms with Crippen molar-refractivity contribution in [1.82, 2.24) is 5.32 Å². The summed E-state index contributed by atoms with van der Waals surface area (Å²) in [6.45, 7) is -1.43. The van der Waals surface area contributed by atoms with Crippen molar-refractivity contribution < 1.29 is 22.7 Å². The van der Waals surface area contributed by atoms with Gasteiger partial charge in [0.2, 0.25) is 0 Å². The number of nitrogens with one attached hydrogen (secondary N) is 1. The molecule has 3 nitrogen and oxygen atoms in total. The summed E-state index contributed by atoms with van der Waals surface area (Å²) in [5, 5.41) is 4.20. The predicted molar refractivity (Wildman–Crippen MR) is 61.2 cm³/mol. The molecule has 1 heterocycles. The molecule has 0 spiro atoms. The molecule has 96 valence electrons. The summed E-state index contributed by atoms with van der Waals surface area (Å²) in [6.07, 6.45) is -4.33. The number of amides is 1. The van der Waals surface area contributed by atoms with Crippen LogP contribution in [-0.4, -0.2) is 31.8 Å². The van der Waals surface area contributed by atoms with Crippen molar-refractivity contribution in [3.05, 3.63) is 20.8 Å². The summed E-state index contributed by atoms with van der Waals surface area (Å²) < 4.78 is 40.1. The van der Waals surface area contributed by atoms with E-state index in [1.54, 1.807) is 11.4 Å². The first-order valence-electron chi connectivity index (χ1n) is 4.56. The molecule has 0 fully saturated rings. The smallest absolute Gasteiger partial charge is 0.370 e. The molecule has 0 unspecified atom stereocenters. The highest BCUT2D eigenvalue weighted by atomic mass is 79.9. The van der Waals surface area contributed by atoms with Crippen LogP contribution in [-0.2, 0) is 4.74 Å². The summed E-state index contributed by atoms with van der Waals surface area (Å²) in [7, 11) is 0. The monoisotopic (exact) mass is 331 g/mol. The third-order valence-corrected chi connectivity index (χ3v) is 3.46. The zero-order valence-electron chi connectivity index (χ0n) is 8.51. The predicted octanol–water partition coefficient (Wildman–Crippen LogP) is 2.82. The minimum Gasteiger partial charge on any atom is -0.370 e. The van der Waals surface area contributed by atoms with Gasteiger partial charge in [-0.2, -0.15) is 13.2 Å². The van der Waals surface area contributed by atoms with Crippen LogP contribution < -0.4 is 5.32 Å². The van der Waals surface area contributed by atoms with E-state index in [1.165, 1.54) is 11.3 Å². The minimum atomic E-state index is -4.33. The van der Waals surface area contributed by atoms with E-state index in [1.807, 2.05) is 0 Å². The summed E-state index contributed by atoms with van der Waals surface area (Å²) in [6, 6.07) is 1.72. The van der Waals surface area contributed by atoms with Gasteiger partial charge in [0, 0.05) is 11.0 Å². The molecule has 0 aliphatic carbocycles. The van der Waals surface area contributed by atoms with Gasteiger partial charge in [0.05, 0.1) is 6.61 Å². The normalized spacial score (nSPS) is 11.5. The zero-order valence-corrected chi connectivity index (χ0v) is 10.9. The summed E-state index contributed by atoms with van der Waals surface area (Å²) in [5.41, 5.74) is 0. The summed E-state index contributed by atoms with van der Waals surface area (Å²) in [5.74, 6) is -0.331. The van der Waals surface area contributed by atoms with E-state index in [4.69, 9.17) is 0 Å². The van der Waals surface area contributed by atoms with E-state index in [-0.39, 0.29) is 19.1 Å². The fourth-order valence-corrected chi connectivity index (χ4v) is 2.43. The Bertz CT molecular complexity index is 381. The van der Waals surface area contributed by atoms with Crippen molar-refractivity contribution in [1.29, 1.82) is 0 Å². The van der Waals surface area contributed by atoms with Gasteiger partial charge in [-0.05, 0) is 27.4 Å². The average Bonchev–Trinajstić information content (AvgIpc) is 2.62. The molecule has 8 heteroatoms. The number of carbonyl (C=O) groups is 1. The fraction of sp³-hybridized carbons (Fsp3) is 0.444. The second kappa shape index (κ2) is 6.36. The van der Waals surface area contributed by atoms with Gasteiger partial charge in [-0.3, -0.25) is 4.79 Å². The molecule has 1 rings (SSSR count). The molecule has 1 aromatic rings. The van der Waals surface area contributed by atoms with Crippen LogP contribution >= 0.6 is 27.3 Å². The van der Waals surface area contributed by atoms with Gasteiger partial charge in [0.1, 0.15) is 11.5 Å². The van der Waals surface area contributed by atoms with Crippen molar-refractivity contribution in [3.8, 4) is 0 Å². The van der Waals surface area contributed by atoms with E-state index in [0.29, 0.717) is 9.35 Å². The maximum absolute atomic E-state index is 11.7. The lowest BCUT2D eigenvalue weighted by Crippen LogP contribution is -2.28. The lowest BCUT2D eigenvalue weighted by Gasteiger charge is -2.08. The van der Waals surface area contributed by atoms with Crippen LogP contribution in [0.25, 0.3) is 0 Å². The number of hydrogen-bond acceptors (Lipinski definition) is 3. The second-order valence-electron chi connectivity index (χ2n) is 3.02. The Kier molecular flexibility index (Phi) is 5.41.